The van der Waals surface area contributed by atoms with Crippen LogP contribution in [0.15, 0.2) is 134 Å². The molecular formula is C60H94O6. The van der Waals surface area contributed by atoms with Gasteiger partial charge < -0.3 is 14.2 Å². The first kappa shape index (κ1) is 61.5. The van der Waals surface area contributed by atoms with Crippen molar-refractivity contribution in [3.8, 4) is 0 Å². The summed E-state index contributed by atoms with van der Waals surface area (Å²) in [6, 6.07) is 0. The van der Waals surface area contributed by atoms with Crippen molar-refractivity contribution in [2.24, 2.45) is 0 Å². The Kier molecular flexibility index (Phi) is 49.6. The van der Waals surface area contributed by atoms with Crippen molar-refractivity contribution in [3.63, 3.8) is 0 Å². The highest BCUT2D eigenvalue weighted by Crippen LogP contribution is 2.11. The van der Waals surface area contributed by atoms with E-state index in [0.29, 0.717) is 19.3 Å². The summed E-state index contributed by atoms with van der Waals surface area (Å²) < 4.78 is 16.7. The average molecular weight is 911 g/mol. The standard InChI is InChI=1S/C60H94O6/c1-4-7-10-13-16-19-22-25-27-29-30-32-33-35-38-41-44-47-50-53-59(62)65-56-57(55-64-58(61)52-49-46-43-40-37-24-21-18-15-12-9-6-3)66-60(63)54-51-48-45-42-39-36-34-31-28-26-23-20-17-14-11-8-5-2/h7,10,16-21,25-28,30,32,34-36,38,42,44-45,47,57H,4-6,8-9,11-15,22-24,29,31,33,37,39-41,43,46,48-56H2,1-3H3/b10-7-,19-16-,20-17-,21-18-,27-25-,28-26-,32-30-,36-34-,38-35-,45-42-,47-44-/t57-/m1/s1. The smallest absolute Gasteiger partial charge is 0.306 e. The maximum Gasteiger partial charge on any atom is 0.306 e. The van der Waals surface area contributed by atoms with Crippen LogP contribution >= 0.6 is 0 Å². The normalized spacial score (nSPS) is 13.2. The van der Waals surface area contributed by atoms with Crippen molar-refractivity contribution >= 4 is 17.9 Å². The molecule has 0 radical (unpaired) electrons. The minimum absolute atomic E-state index is 0.132. The van der Waals surface area contributed by atoms with Gasteiger partial charge in [-0.1, -0.05) is 199 Å². The first-order valence-corrected chi connectivity index (χ1v) is 26.2. The lowest BCUT2D eigenvalue weighted by Crippen LogP contribution is -2.30. The van der Waals surface area contributed by atoms with E-state index >= 15 is 0 Å². The molecule has 0 saturated heterocycles. The van der Waals surface area contributed by atoms with Crippen LogP contribution in [0.2, 0.25) is 0 Å². The molecule has 0 unspecified atom stereocenters. The molecule has 0 rings (SSSR count). The number of unbranched alkanes of at least 4 members (excludes halogenated alkanes) is 12. The number of carbonyl (C=O) groups is 3. The largest absolute Gasteiger partial charge is 0.462 e. The zero-order valence-electron chi connectivity index (χ0n) is 42.1. The van der Waals surface area contributed by atoms with Crippen molar-refractivity contribution in [1.29, 1.82) is 0 Å². The highest BCUT2D eigenvalue weighted by molar-refractivity contribution is 5.71. The van der Waals surface area contributed by atoms with Gasteiger partial charge >= 0.3 is 17.9 Å². The lowest BCUT2D eigenvalue weighted by atomic mass is 10.1. The van der Waals surface area contributed by atoms with Crippen molar-refractivity contribution in [1.82, 2.24) is 0 Å². The van der Waals surface area contributed by atoms with Crippen LogP contribution in [0.3, 0.4) is 0 Å². The molecule has 0 saturated carbocycles. The Morgan fingerprint density at radius 2 is 0.636 bits per heavy atom. The van der Waals surface area contributed by atoms with Crippen LogP contribution in [-0.4, -0.2) is 37.2 Å². The van der Waals surface area contributed by atoms with Gasteiger partial charge in [0.15, 0.2) is 6.10 Å². The number of esters is 3. The summed E-state index contributed by atoms with van der Waals surface area (Å²) in [5.74, 6) is -1.10. The fourth-order valence-electron chi connectivity index (χ4n) is 6.45. The molecule has 370 valence electrons. The molecule has 0 spiro atoms. The van der Waals surface area contributed by atoms with Gasteiger partial charge in [-0.05, 0) is 122 Å². The first-order chi connectivity index (χ1) is 32.5. The predicted octanol–water partition coefficient (Wildman–Crippen LogP) is 17.5. The van der Waals surface area contributed by atoms with E-state index in [1.54, 1.807) is 0 Å². The first-order valence-electron chi connectivity index (χ1n) is 26.2. The summed E-state index contributed by atoms with van der Waals surface area (Å²) in [6.07, 6.45) is 74.5. The molecule has 0 aliphatic carbocycles. The molecule has 6 heteroatoms. The van der Waals surface area contributed by atoms with E-state index in [0.717, 1.165) is 96.3 Å². The van der Waals surface area contributed by atoms with Crippen LogP contribution in [0.5, 0.6) is 0 Å². The highest BCUT2D eigenvalue weighted by Gasteiger charge is 2.19. The van der Waals surface area contributed by atoms with Crippen LogP contribution in [0.4, 0.5) is 0 Å². The molecule has 0 heterocycles. The predicted molar refractivity (Wildman–Crippen MR) is 283 cm³/mol. The molecule has 0 fully saturated rings. The van der Waals surface area contributed by atoms with Crippen molar-refractivity contribution in [3.05, 3.63) is 134 Å². The maximum atomic E-state index is 12.8. The molecule has 0 aliphatic rings. The van der Waals surface area contributed by atoms with Crippen LogP contribution in [0.25, 0.3) is 0 Å². The maximum absolute atomic E-state index is 12.8. The number of hydrogen-bond acceptors (Lipinski definition) is 6. The Labute approximate surface area is 405 Å². The molecule has 1 atom stereocenters. The van der Waals surface area contributed by atoms with Crippen molar-refractivity contribution in [2.45, 2.75) is 213 Å². The van der Waals surface area contributed by atoms with E-state index in [1.807, 2.05) is 12.2 Å². The van der Waals surface area contributed by atoms with Crippen LogP contribution in [0.1, 0.15) is 207 Å². The van der Waals surface area contributed by atoms with E-state index < -0.39 is 12.1 Å². The van der Waals surface area contributed by atoms with Gasteiger partial charge in [0.1, 0.15) is 13.2 Å². The summed E-state index contributed by atoms with van der Waals surface area (Å²) in [4.78, 5) is 37.9. The Hall–Kier alpha value is -4.45. The van der Waals surface area contributed by atoms with Gasteiger partial charge in [-0.3, -0.25) is 14.4 Å². The van der Waals surface area contributed by atoms with Crippen LogP contribution < -0.4 is 0 Å². The van der Waals surface area contributed by atoms with E-state index in [9.17, 15) is 14.4 Å². The number of rotatable bonds is 45. The Morgan fingerprint density at radius 3 is 1.08 bits per heavy atom. The molecular weight excluding hydrogens is 817 g/mol. The lowest BCUT2D eigenvalue weighted by molar-refractivity contribution is -0.166. The third-order valence-electron chi connectivity index (χ3n) is 10.4. The second-order valence-electron chi connectivity index (χ2n) is 16.7. The summed E-state index contributed by atoms with van der Waals surface area (Å²) in [7, 11) is 0. The van der Waals surface area contributed by atoms with Crippen molar-refractivity contribution in [2.75, 3.05) is 13.2 Å². The van der Waals surface area contributed by atoms with Gasteiger partial charge in [0, 0.05) is 19.3 Å². The fraction of sp³-hybridized carbons (Fsp3) is 0.583. The Balaban J connectivity index is 4.62. The second kappa shape index (κ2) is 53.2. The molecule has 0 N–H and O–H groups in total. The van der Waals surface area contributed by atoms with Crippen LogP contribution in [-0.2, 0) is 28.6 Å². The monoisotopic (exact) mass is 911 g/mol. The topological polar surface area (TPSA) is 78.9 Å². The van der Waals surface area contributed by atoms with E-state index in [4.69, 9.17) is 14.2 Å². The highest BCUT2D eigenvalue weighted by atomic mass is 16.6. The third-order valence-corrected chi connectivity index (χ3v) is 10.4. The quantitative estimate of drug-likeness (QED) is 0.0262. The summed E-state index contributed by atoms with van der Waals surface area (Å²) in [5, 5.41) is 0. The summed E-state index contributed by atoms with van der Waals surface area (Å²) in [6.45, 7) is 6.33. The minimum Gasteiger partial charge on any atom is -0.462 e. The second-order valence-corrected chi connectivity index (χ2v) is 16.7. The van der Waals surface area contributed by atoms with Crippen LogP contribution in [0, 0.1) is 0 Å². The van der Waals surface area contributed by atoms with Gasteiger partial charge in [0.2, 0.25) is 0 Å². The lowest BCUT2D eigenvalue weighted by Gasteiger charge is -2.18. The minimum atomic E-state index is -0.845. The molecule has 66 heavy (non-hydrogen) atoms. The molecule has 0 amide bonds. The van der Waals surface area contributed by atoms with Gasteiger partial charge in [-0.2, -0.15) is 0 Å². The zero-order chi connectivity index (χ0) is 47.9. The van der Waals surface area contributed by atoms with E-state index in [-0.39, 0.29) is 38.0 Å². The molecule has 0 aromatic heterocycles. The van der Waals surface area contributed by atoms with Gasteiger partial charge in [-0.15, -0.1) is 0 Å². The molecule has 0 aromatic rings. The Bertz CT molecular complexity index is 1460. The number of hydrogen-bond donors (Lipinski definition) is 0. The average Bonchev–Trinajstić information content (AvgIpc) is 3.31. The molecule has 6 nitrogen and oxygen atoms in total. The number of ether oxygens (including phenoxy) is 3. The molecule has 0 bridgehead atoms. The summed E-state index contributed by atoms with van der Waals surface area (Å²) >= 11 is 0. The van der Waals surface area contributed by atoms with Gasteiger partial charge in [0.05, 0.1) is 0 Å². The van der Waals surface area contributed by atoms with Gasteiger partial charge in [0.25, 0.3) is 0 Å². The van der Waals surface area contributed by atoms with Crippen molar-refractivity contribution < 1.29 is 28.6 Å². The summed E-state index contributed by atoms with van der Waals surface area (Å²) in [5.41, 5.74) is 0. The fourth-order valence-corrected chi connectivity index (χ4v) is 6.45. The van der Waals surface area contributed by atoms with E-state index in [2.05, 4.69) is 142 Å². The Morgan fingerprint density at radius 1 is 0.318 bits per heavy atom. The van der Waals surface area contributed by atoms with Gasteiger partial charge in [-0.25, -0.2) is 0 Å². The third kappa shape index (κ3) is 50.5. The number of carbonyl (C=O) groups excluding carboxylic acids is 3. The molecule has 0 aromatic carbocycles. The number of allylic oxidation sites excluding steroid dienone is 22. The SMILES string of the molecule is CC/C=C\C/C=C\C/C=C\C/C=C\C/C=C\C/C=C\CCC(=O)OC[C@@H](COC(=O)CCCCCCC/C=C\CCCCC)OC(=O)CCC/C=C\C/C=C\C/C=C\C/C=C\CCCCC. The zero-order valence-corrected chi connectivity index (χ0v) is 42.1. The van der Waals surface area contributed by atoms with E-state index in [1.165, 1.54) is 57.8 Å². The molecule has 0 aliphatic heterocycles.